The van der Waals surface area contributed by atoms with E-state index in [0.717, 1.165) is 73.5 Å². The molecule has 31 aromatic carbocycles. The molecule has 0 saturated carbocycles. The van der Waals surface area contributed by atoms with Crippen molar-refractivity contribution in [1.82, 2.24) is 24.8 Å². The molecule has 7 aliphatic rings. The molecule has 6 heterocycles. The Bertz CT molecular complexity index is 11100. The zero-order chi connectivity index (χ0) is 91.9. The predicted molar refractivity (Wildman–Crippen MR) is 572 cm³/mol. The topological polar surface area (TPSA) is 198 Å². The van der Waals surface area contributed by atoms with Gasteiger partial charge in [-0.15, -0.1) is 0 Å². The third-order valence-corrected chi connectivity index (χ3v) is 37.5. The van der Waals surface area contributed by atoms with Crippen LogP contribution in [-0.2, 0) is 64.8 Å². The highest BCUT2D eigenvalue weighted by Gasteiger charge is 2.76. The van der Waals surface area contributed by atoms with Gasteiger partial charge in [0.15, 0.2) is 11.5 Å². The number of H-pyrrole nitrogens is 2. The maximum atomic E-state index is 15.2. The van der Waals surface area contributed by atoms with Crippen LogP contribution < -0.4 is 14.2 Å². The second-order valence-corrected chi connectivity index (χ2v) is 42.9. The molecule has 2 N–H and O–H groups in total. The maximum Gasteiger partial charge on any atom is 0.338 e. The lowest BCUT2D eigenvalue weighted by Gasteiger charge is -2.52. The molecule has 4 aliphatic carbocycles. The van der Waals surface area contributed by atoms with Crippen LogP contribution in [0.2, 0.25) is 0 Å². The third-order valence-electron chi connectivity index (χ3n) is 37.5. The summed E-state index contributed by atoms with van der Waals surface area (Å²) in [4.78, 5) is 36.3. The standard InChI is InChI=1S/C124H75N5O14/c1-129-44-123-116-108-100-90-80-72-64-62-63-66-70-68(64)76-84-78(70)88-82-74(66)75-67(63)71-69-65(62)73(72)81-87-77(69)85-79(71)89-83(75)93-92(82)104-98(88)106-96(84)102(94(100)86(76)80)110(116)112(106)118-114(104)115-105(93)99(89)107-97(85)103-95(87)101(91(81)90)109(108)117(123)111(103)113(107)119(115)124(118,123)121(129)47-9-11-48(12-10-47)122(130)143-43-45-5-7-46(8-6-45)60-54-17-13-50(125-54)41-52-15-19-56(127-52)61(57-20-16-53(128-57)42-51-14-18-55(60)126-51)49-39-58(140-36-33-137-30-27-134-24-21-131-2)120(142-38-35-139-32-29-136-26-23-133-4)59(40-49)141-37-34-138-31-28-135-25-22-132-3/h5-20,39-42,121,125,128H,21-38,43-44H2,1-4H3. The van der Waals surface area contributed by atoms with Crippen molar-refractivity contribution in [2.45, 2.75) is 23.5 Å². The fraction of sp³-hybridized carbons (Fsp3) is 0.218. The molecule has 1 unspecified atom stereocenters. The fourth-order valence-electron chi connectivity index (χ4n) is 34.1. The van der Waals surface area contributed by atoms with Crippen molar-refractivity contribution in [3.8, 4) is 39.5 Å². The minimum Gasteiger partial charge on any atom is -0.487 e. The van der Waals surface area contributed by atoms with Gasteiger partial charge < -0.3 is 71.5 Å². The Morgan fingerprint density at radius 2 is 0.622 bits per heavy atom. The van der Waals surface area contributed by atoms with Crippen LogP contribution in [0, 0.1) is 0 Å². The number of nitrogens with zero attached hydrogens (tertiary/aromatic N) is 3. The Morgan fingerprint density at radius 3 is 0.958 bits per heavy atom. The lowest BCUT2D eigenvalue weighted by Crippen LogP contribution is -2.51. The number of rotatable bonds is 36. The molecule has 8 bridgehead atoms. The van der Waals surface area contributed by atoms with Gasteiger partial charge in [-0.25, -0.2) is 14.8 Å². The zero-order valence-electron chi connectivity index (χ0n) is 77.8. The number of hydrogen-bond donors (Lipinski definition) is 2. The normalized spacial score (nSPS) is 17.9. The number of aromatic nitrogens is 4. The highest BCUT2D eigenvalue weighted by atomic mass is 16.6. The predicted octanol–water partition coefficient (Wildman–Crippen LogP) is 25.8. The quantitative estimate of drug-likeness (QED) is 0.0213. The first-order valence-electron chi connectivity index (χ1n) is 50.8. The van der Waals surface area contributed by atoms with E-state index in [2.05, 4.69) is 119 Å². The van der Waals surface area contributed by atoms with Crippen LogP contribution >= 0.6 is 0 Å². The lowest BCUT2D eigenvalue weighted by atomic mass is 9.47. The van der Waals surface area contributed by atoms with Crippen molar-refractivity contribution in [2.24, 2.45) is 0 Å². The number of hydrogen-bond acceptors (Lipinski definition) is 17. The first-order valence-corrected chi connectivity index (χ1v) is 50.8. The van der Waals surface area contributed by atoms with Crippen molar-refractivity contribution >= 4 is 343 Å². The van der Waals surface area contributed by atoms with E-state index in [1.807, 2.05) is 24.3 Å². The summed E-state index contributed by atoms with van der Waals surface area (Å²) < 4.78 is 76.9. The van der Waals surface area contributed by atoms with Gasteiger partial charge >= 0.3 is 5.97 Å². The van der Waals surface area contributed by atoms with E-state index < -0.39 is 10.8 Å². The average Bonchev–Trinajstić information content (AvgIpc) is 1.38. The molecular formula is C124H75N5O14. The van der Waals surface area contributed by atoms with Gasteiger partial charge in [-0.2, -0.15) is 0 Å². The number of likely N-dealkylation sites (N-methyl/N-ethyl adjacent to an activating group) is 1. The van der Waals surface area contributed by atoms with Crippen LogP contribution in [0.15, 0.2) is 97.1 Å². The Morgan fingerprint density at radius 1 is 0.322 bits per heavy atom. The van der Waals surface area contributed by atoms with Gasteiger partial charge in [-0.05, 0) is 427 Å². The van der Waals surface area contributed by atoms with E-state index in [-0.39, 0.29) is 58.3 Å². The largest absolute Gasteiger partial charge is 0.487 e. The number of esters is 1. The van der Waals surface area contributed by atoms with Crippen LogP contribution in [0.1, 0.15) is 72.6 Å². The van der Waals surface area contributed by atoms with Crippen molar-refractivity contribution < 1.29 is 66.4 Å². The van der Waals surface area contributed by atoms with Crippen LogP contribution in [0.25, 0.3) is 359 Å². The number of benzene rings is 21. The number of carbonyl (C=O) groups excluding carboxylic acids is 1. The number of methoxy groups -OCH3 is 3. The van der Waals surface area contributed by atoms with Crippen LogP contribution in [0.4, 0.5) is 0 Å². The molecule has 680 valence electrons. The fourth-order valence-corrected chi connectivity index (χ4v) is 34.1. The molecule has 19 nitrogen and oxygen atoms in total. The maximum absolute atomic E-state index is 15.2. The molecule has 41 rings (SSSR count). The van der Waals surface area contributed by atoms with Crippen LogP contribution in [0.3, 0.4) is 0 Å². The van der Waals surface area contributed by atoms with E-state index in [0.29, 0.717) is 108 Å². The molecule has 1 fully saturated rings. The molecule has 0 amide bonds. The van der Waals surface area contributed by atoms with Gasteiger partial charge in [0.1, 0.15) is 26.4 Å². The first-order chi connectivity index (χ1) is 70.8. The zero-order valence-corrected chi connectivity index (χ0v) is 77.8. The van der Waals surface area contributed by atoms with E-state index in [1.165, 1.54) is 5.56 Å². The van der Waals surface area contributed by atoms with Crippen molar-refractivity contribution in [3.05, 3.63) is 159 Å². The summed E-state index contributed by atoms with van der Waals surface area (Å²) in [6.45, 7) is 7.69. The summed E-state index contributed by atoms with van der Waals surface area (Å²) in [7, 11) is 7.46. The number of nitrogens with one attached hydrogen (secondary N) is 2. The van der Waals surface area contributed by atoms with E-state index in [1.54, 1.807) is 334 Å². The number of fused-ring (bicyclic) bond motifs is 8. The number of ether oxygens (including phenoxy) is 13. The summed E-state index contributed by atoms with van der Waals surface area (Å²) in [6.07, 6.45) is 8.20. The minimum atomic E-state index is -0.537. The van der Waals surface area contributed by atoms with Crippen molar-refractivity contribution in [1.29, 1.82) is 0 Å². The second-order valence-electron chi connectivity index (χ2n) is 42.9. The molecule has 1 saturated heterocycles. The minimum absolute atomic E-state index is 0.0866. The van der Waals surface area contributed by atoms with Gasteiger partial charge in [0.25, 0.3) is 0 Å². The van der Waals surface area contributed by atoms with Crippen molar-refractivity contribution in [2.75, 3.05) is 154 Å². The monoisotopic (exact) mass is 1860 g/mol. The Hall–Kier alpha value is -14.8. The van der Waals surface area contributed by atoms with Crippen LogP contribution in [-0.4, -0.2) is 185 Å². The van der Waals surface area contributed by atoms with Gasteiger partial charge in [-0.3, -0.25) is 4.90 Å². The SMILES string of the molecule is COCCOCCOCCOc1cc(-c2c3nc(cc4ccc([nH]4)c(-c4ccc(COC(=O)c5ccc(C6N(C)CC78c9c%10c%11c%12c%13c%14c(c%15c%16c7c7c9c9c%17c%10c%10c%11c%11c%13c%13c%18c%14c%14c%15c%15c%16c%16c7c7c9c9c%17c%17c%10c%10c%11c%13c%11c%13c%18c%14c%14c%15c%15c%16c7c7c9c9c%17c%10c%11c%10c%13c%14c%15c7c9%10)C%1268)cc5)cc4)c4nc(cc5ccc2[nH]5)C=C4)C=C3)cc(OCCOCCOCCOC)c1OCCOCCOCCOC. The molecule has 0 radical (unpaired) electrons. The Labute approximate surface area is 804 Å². The number of carbonyl (C=O) groups is 1. The summed E-state index contributed by atoms with van der Waals surface area (Å²) in [5, 5.41) is 86.5. The molecule has 3 aromatic heterocycles. The number of aromatic amines is 2. The first kappa shape index (κ1) is 74.2. The Balaban J connectivity index is 0.432. The highest BCUT2D eigenvalue weighted by molar-refractivity contribution is 6.82. The van der Waals surface area contributed by atoms with E-state index >= 15 is 4.79 Å². The molecule has 3 aliphatic heterocycles. The Kier molecular flexibility index (Phi) is 12.4. The third kappa shape index (κ3) is 7.28. The van der Waals surface area contributed by atoms with E-state index in [9.17, 15) is 0 Å². The smallest absolute Gasteiger partial charge is 0.338 e. The van der Waals surface area contributed by atoms with Gasteiger partial charge in [0, 0.05) is 67.1 Å². The molecule has 143 heavy (non-hydrogen) atoms. The number of likely N-dealkylation sites (tertiary alicyclic amines) is 1. The lowest BCUT2D eigenvalue weighted by molar-refractivity contribution is 0.0146. The molecule has 2 spiro atoms. The van der Waals surface area contributed by atoms with Gasteiger partial charge in [-0.1, -0.05) is 36.4 Å². The summed E-state index contributed by atoms with van der Waals surface area (Å²) in [5.41, 5.74) is 18.1. The molecule has 34 aromatic rings. The molecule has 1 atom stereocenters. The van der Waals surface area contributed by atoms with Gasteiger partial charge in [0.2, 0.25) is 5.75 Å². The summed E-state index contributed by atoms with van der Waals surface area (Å²) in [6, 6.07) is 33.6. The highest BCUT2D eigenvalue weighted by Crippen LogP contribution is 2.87. The molecular weight excluding hydrogens is 1780 g/mol. The van der Waals surface area contributed by atoms with E-state index in [4.69, 9.17) is 71.5 Å². The average molecular weight is 1860 g/mol. The van der Waals surface area contributed by atoms with Crippen LogP contribution in [0.5, 0.6) is 17.2 Å². The summed E-state index contributed by atoms with van der Waals surface area (Å²) in [5.74, 6) is 0.915. The summed E-state index contributed by atoms with van der Waals surface area (Å²) >= 11 is 0. The molecule has 19 heteroatoms. The second kappa shape index (κ2) is 23.9. The van der Waals surface area contributed by atoms with Crippen molar-refractivity contribution in [3.63, 3.8) is 0 Å². The van der Waals surface area contributed by atoms with Gasteiger partial charge in [0.05, 0.1) is 138 Å².